The van der Waals surface area contributed by atoms with E-state index in [0.29, 0.717) is 22.0 Å². The number of anilines is 2. The summed E-state index contributed by atoms with van der Waals surface area (Å²) in [6.45, 7) is 1.13. The summed E-state index contributed by atoms with van der Waals surface area (Å²) in [6, 6.07) is 9.14. The minimum atomic E-state index is -4.94. The van der Waals surface area contributed by atoms with Crippen LogP contribution < -0.4 is 10.6 Å². The standard InChI is InChI=1S/C18H18ClF3N4O2/c1-3-26(17(28)18(20,21)22)10-11-5-4-6-13(7-11)24-16(27)12-8-14(19)25-15(9-12)23-2/h4-9H,3,10H2,1-2H3,(H,23,25)(H,24,27). The van der Waals surface area contributed by atoms with E-state index in [1.165, 1.54) is 25.1 Å². The number of amides is 2. The van der Waals surface area contributed by atoms with E-state index in [-0.39, 0.29) is 23.8 Å². The largest absolute Gasteiger partial charge is 0.471 e. The van der Waals surface area contributed by atoms with Crippen molar-refractivity contribution >= 4 is 34.9 Å². The van der Waals surface area contributed by atoms with Crippen LogP contribution in [0.4, 0.5) is 24.7 Å². The molecule has 150 valence electrons. The molecule has 0 bridgehead atoms. The fourth-order valence-corrected chi connectivity index (χ4v) is 2.64. The molecule has 28 heavy (non-hydrogen) atoms. The quantitative estimate of drug-likeness (QED) is 0.702. The minimum absolute atomic E-state index is 0.1000. The summed E-state index contributed by atoms with van der Waals surface area (Å²) >= 11 is 5.88. The van der Waals surface area contributed by atoms with Crippen LogP contribution in [0.3, 0.4) is 0 Å². The SMILES string of the molecule is CCN(Cc1cccc(NC(=O)c2cc(Cl)nc(NC)c2)c1)C(=O)C(F)(F)F. The van der Waals surface area contributed by atoms with E-state index in [0.717, 1.165) is 0 Å². The molecule has 2 amide bonds. The second-order valence-corrected chi connectivity index (χ2v) is 6.17. The summed E-state index contributed by atoms with van der Waals surface area (Å²) in [5.74, 6) is -1.96. The van der Waals surface area contributed by atoms with Crippen molar-refractivity contribution in [2.45, 2.75) is 19.6 Å². The zero-order valence-corrected chi connectivity index (χ0v) is 15.9. The van der Waals surface area contributed by atoms with Gasteiger partial charge in [-0.05, 0) is 36.8 Å². The molecule has 0 aliphatic carbocycles. The Morgan fingerprint density at radius 1 is 1.21 bits per heavy atom. The van der Waals surface area contributed by atoms with Crippen LogP contribution in [0.5, 0.6) is 0 Å². The van der Waals surface area contributed by atoms with Gasteiger partial charge in [-0.2, -0.15) is 13.2 Å². The predicted octanol–water partition coefficient (Wildman–Crippen LogP) is 3.94. The van der Waals surface area contributed by atoms with E-state index in [1.807, 2.05) is 0 Å². The van der Waals surface area contributed by atoms with Crippen molar-refractivity contribution in [1.29, 1.82) is 0 Å². The molecule has 10 heteroatoms. The van der Waals surface area contributed by atoms with Gasteiger partial charge in [-0.3, -0.25) is 9.59 Å². The Kier molecular flexibility index (Phi) is 6.85. The van der Waals surface area contributed by atoms with Gasteiger partial charge < -0.3 is 15.5 Å². The van der Waals surface area contributed by atoms with Gasteiger partial charge in [-0.25, -0.2) is 4.98 Å². The van der Waals surface area contributed by atoms with Crippen molar-refractivity contribution in [2.75, 3.05) is 24.2 Å². The molecule has 0 unspecified atom stereocenters. The van der Waals surface area contributed by atoms with E-state index in [4.69, 9.17) is 11.6 Å². The molecule has 1 aromatic carbocycles. The summed E-state index contributed by atoms with van der Waals surface area (Å²) in [5, 5.41) is 5.57. The Labute approximate surface area is 164 Å². The third kappa shape index (κ3) is 5.59. The molecule has 2 aromatic rings. The zero-order valence-electron chi connectivity index (χ0n) is 15.1. The average Bonchev–Trinajstić information content (AvgIpc) is 2.64. The number of nitrogens with zero attached hydrogens (tertiary/aromatic N) is 2. The molecule has 6 nitrogen and oxygen atoms in total. The van der Waals surface area contributed by atoms with Crippen molar-refractivity contribution in [3.05, 3.63) is 52.7 Å². The Bertz CT molecular complexity index is 874. The van der Waals surface area contributed by atoms with E-state index in [1.54, 1.807) is 25.2 Å². The summed E-state index contributed by atoms with van der Waals surface area (Å²) in [5.41, 5.74) is 1.08. The lowest BCUT2D eigenvalue weighted by Gasteiger charge is -2.22. The highest BCUT2D eigenvalue weighted by molar-refractivity contribution is 6.30. The topological polar surface area (TPSA) is 74.3 Å². The second-order valence-electron chi connectivity index (χ2n) is 5.79. The molecule has 0 saturated carbocycles. The third-order valence-corrected chi connectivity index (χ3v) is 3.98. The fourth-order valence-electron chi connectivity index (χ4n) is 2.43. The highest BCUT2D eigenvalue weighted by Gasteiger charge is 2.41. The molecule has 0 saturated heterocycles. The number of hydrogen-bond acceptors (Lipinski definition) is 4. The van der Waals surface area contributed by atoms with Gasteiger partial charge >= 0.3 is 12.1 Å². The number of alkyl halides is 3. The first-order valence-corrected chi connectivity index (χ1v) is 8.63. The van der Waals surface area contributed by atoms with Crippen LogP contribution in [0.1, 0.15) is 22.8 Å². The molecule has 1 heterocycles. The number of halogens is 4. The maximum absolute atomic E-state index is 12.7. The van der Waals surface area contributed by atoms with Gasteiger partial charge in [0.2, 0.25) is 0 Å². The average molecular weight is 415 g/mol. The third-order valence-electron chi connectivity index (χ3n) is 3.78. The van der Waals surface area contributed by atoms with Crippen LogP contribution in [-0.2, 0) is 11.3 Å². The molecular weight excluding hydrogens is 397 g/mol. The zero-order chi connectivity index (χ0) is 20.9. The highest BCUT2D eigenvalue weighted by atomic mass is 35.5. The van der Waals surface area contributed by atoms with Crippen molar-refractivity contribution in [2.24, 2.45) is 0 Å². The van der Waals surface area contributed by atoms with Gasteiger partial charge in [-0.1, -0.05) is 23.7 Å². The minimum Gasteiger partial charge on any atom is -0.373 e. The number of benzene rings is 1. The lowest BCUT2D eigenvalue weighted by atomic mass is 10.1. The van der Waals surface area contributed by atoms with Gasteiger partial charge in [0, 0.05) is 31.4 Å². The van der Waals surface area contributed by atoms with Crippen LogP contribution in [0.15, 0.2) is 36.4 Å². The van der Waals surface area contributed by atoms with Gasteiger partial charge in [0.25, 0.3) is 5.91 Å². The molecule has 0 spiro atoms. The molecular formula is C18H18ClF3N4O2. The Morgan fingerprint density at radius 3 is 2.54 bits per heavy atom. The summed E-state index contributed by atoms with van der Waals surface area (Å²) in [4.78, 5) is 28.5. The monoisotopic (exact) mass is 414 g/mol. The van der Waals surface area contributed by atoms with Crippen LogP contribution in [0, 0.1) is 0 Å². The van der Waals surface area contributed by atoms with Gasteiger partial charge in [0.1, 0.15) is 11.0 Å². The molecule has 0 atom stereocenters. The summed E-state index contributed by atoms with van der Waals surface area (Å²) < 4.78 is 38.0. The molecule has 0 aliphatic rings. The van der Waals surface area contributed by atoms with E-state index in [9.17, 15) is 22.8 Å². The Hall–Kier alpha value is -2.81. The first kappa shape index (κ1) is 21.5. The number of pyridine rings is 1. The smallest absolute Gasteiger partial charge is 0.373 e. The van der Waals surface area contributed by atoms with Gasteiger partial charge in [0.05, 0.1) is 0 Å². The number of carbonyl (C=O) groups excluding carboxylic acids is 2. The van der Waals surface area contributed by atoms with Crippen LogP contribution in [-0.4, -0.2) is 41.5 Å². The first-order valence-electron chi connectivity index (χ1n) is 8.25. The lowest BCUT2D eigenvalue weighted by molar-refractivity contribution is -0.185. The molecule has 2 N–H and O–H groups in total. The second kappa shape index (κ2) is 8.92. The molecule has 0 aliphatic heterocycles. The Balaban J connectivity index is 2.16. The maximum Gasteiger partial charge on any atom is 0.471 e. The van der Waals surface area contributed by atoms with Crippen molar-refractivity contribution < 1.29 is 22.8 Å². The van der Waals surface area contributed by atoms with Crippen LogP contribution >= 0.6 is 11.6 Å². The molecule has 1 aromatic heterocycles. The number of carbonyl (C=O) groups is 2. The maximum atomic E-state index is 12.7. The normalized spacial score (nSPS) is 11.1. The summed E-state index contributed by atoms with van der Waals surface area (Å²) in [6.07, 6.45) is -4.94. The summed E-state index contributed by atoms with van der Waals surface area (Å²) in [7, 11) is 1.63. The van der Waals surface area contributed by atoms with Gasteiger partial charge in [-0.15, -0.1) is 0 Å². The Morgan fingerprint density at radius 2 is 1.93 bits per heavy atom. The molecule has 2 rings (SSSR count). The first-order chi connectivity index (χ1) is 13.1. The van der Waals surface area contributed by atoms with Crippen molar-refractivity contribution in [3.8, 4) is 0 Å². The number of aromatic nitrogens is 1. The van der Waals surface area contributed by atoms with Crippen molar-refractivity contribution in [3.63, 3.8) is 0 Å². The molecule has 0 radical (unpaired) electrons. The van der Waals surface area contributed by atoms with E-state index >= 15 is 0 Å². The van der Waals surface area contributed by atoms with E-state index < -0.39 is 18.0 Å². The number of nitrogens with one attached hydrogen (secondary N) is 2. The number of hydrogen-bond donors (Lipinski definition) is 2. The van der Waals surface area contributed by atoms with Crippen molar-refractivity contribution in [1.82, 2.24) is 9.88 Å². The van der Waals surface area contributed by atoms with Crippen LogP contribution in [0.2, 0.25) is 5.15 Å². The predicted molar refractivity (Wildman–Crippen MR) is 100 cm³/mol. The molecule has 0 fully saturated rings. The highest BCUT2D eigenvalue weighted by Crippen LogP contribution is 2.21. The van der Waals surface area contributed by atoms with Gasteiger partial charge in [0.15, 0.2) is 0 Å². The van der Waals surface area contributed by atoms with E-state index in [2.05, 4.69) is 15.6 Å². The van der Waals surface area contributed by atoms with Crippen LogP contribution in [0.25, 0.3) is 0 Å². The lowest BCUT2D eigenvalue weighted by Crippen LogP contribution is -2.40. The fraction of sp³-hybridized carbons (Fsp3) is 0.278. The number of rotatable bonds is 6.